The number of carbonyl (C=O) groups is 3. The van der Waals surface area contributed by atoms with E-state index in [4.69, 9.17) is 23.4 Å². The van der Waals surface area contributed by atoms with E-state index in [1.54, 1.807) is 32.2 Å². The van der Waals surface area contributed by atoms with E-state index < -0.39 is 23.3 Å². The Bertz CT molecular complexity index is 1300. The molecule has 0 saturated carbocycles. The molecule has 0 bridgehead atoms. The minimum absolute atomic E-state index is 0.0515. The van der Waals surface area contributed by atoms with Crippen LogP contribution in [-0.2, 0) is 20.8 Å². The minimum atomic E-state index is -1.36. The summed E-state index contributed by atoms with van der Waals surface area (Å²) < 4.78 is 27.2. The molecule has 190 valence electrons. The number of amides is 2. The Labute approximate surface area is 208 Å². The highest BCUT2D eigenvalue weighted by Crippen LogP contribution is 2.39. The number of rotatable bonds is 8. The van der Waals surface area contributed by atoms with E-state index in [-0.39, 0.29) is 43.4 Å². The van der Waals surface area contributed by atoms with Crippen molar-refractivity contribution >= 4 is 28.8 Å². The fraction of sp³-hybridized carbons (Fsp3) is 0.346. The van der Waals surface area contributed by atoms with Gasteiger partial charge in [-0.15, -0.1) is 0 Å². The number of carbonyl (C=O) groups excluding carboxylic acids is 3. The van der Waals surface area contributed by atoms with Crippen molar-refractivity contribution in [3.05, 3.63) is 59.4 Å². The molecule has 1 N–H and O–H groups in total. The van der Waals surface area contributed by atoms with Gasteiger partial charge in [0.15, 0.2) is 11.3 Å². The number of para-hydroxylation sites is 1. The summed E-state index contributed by atoms with van der Waals surface area (Å²) in [6, 6.07) is 12.0. The molecule has 0 spiro atoms. The van der Waals surface area contributed by atoms with Crippen molar-refractivity contribution in [3.8, 4) is 11.5 Å². The van der Waals surface area contributed by atoms with E-state index >= 15 is 0 Å². The van der Waals surface area contributed by atoms with E-state index in [0.717, 1.165) is 5.56 Å². The zero-order valence-electron chi connectivity index (χ0n) is 20.6. The molecule has 1 atom stereocenters. The van der Waals surface area contributed by atoms with Gasteiger partial charge in [0.2, 0.25) is 11.7 Å². The van der Waals surface area contributed by atoms with Gasteiger partial charge in [0.05, 0.1) is 31.8 Å². The van der Waals surface area contributed by atoms with E-state index in [1.165, 1.54) is 25.2 Å². The average molecular weight is 497 g/mol. The number of ether oxygens (including phenoxy) is 4. The molecule has 0 aliphatic carbocycles. The van der Waals surface area contributed by atoms with Gasteiger partial charge in [-0.3, -0.25) is 9.59 Å². The van der Waals surface area contributed by atoms with Crippen LogP contribution >= 0.6 is 0 Å². The first kappa shape index (κ1) is 25.1. The second-order valence-corrected chi connectivity index (χ2v) is 8.47. The number of furan rings is 1. The number of esters is 1. The van der Waals surface area contributed by atoms with Gasteiger partial charge in [-0.2, -0.15) is 0 Å². The standard InChI is InChI=1S/C26H28N2O8/c1-26(25(31)27-14-17-7-5-6-8-19(17)33-3)15-35-21-18-10-9-16(24(30)34-4)13-20(18)36-22(21)23(29)28(26)11-12-32-2/h5-10,13H,11-12,14-15H2,1-4H3,(H,27,31)/t26-/m1/s1. The summed E-state index contributed by atoms with van der Waals surface area (Å²) in [5.41, 5.74) is 0.00291. The van der Waals surface area contributed by atoms with Crippen LogP contribution < -0.4 is 14.8 Å². The first-order chi connectivity index (χ1) is 17.3. The summed E-state index contributed by atoms with van der Waals surface area (Å²) in [7, 11) is 4.36. The monoisotopic (exact) mass is 496 g/mol. The Balaban J connectivity index is 1.66. The first-order valence-electron chi connectivity index (χ1n) is 11.3. The average Bonchev–Trinajstić information content (AvgIpc) is 3.23. The maximum Gasteiger partial charge on any atom is 0.337 e. The lowest BCUT2D eigenvalue weighted by molar-refractivity contribution is -0.133. The molecule has 1 aliphatic heterocycles. The molecule has 4 rings (SSSR count). The lowest BCUT2D eigenvalue weighted by Gasteiger charge is -2.37. The number of nitrogens with zero attached hydrogens (tertiary/aromatic N) is 1. The van der Waals surface area contributed by atoms with Gasteiger partial charge in [-0.25, -0.2) is 4.79 Å². The summed E-state index contributed by atoms with van der Waals surface area (Å²) in [6.07, 6.45) is 0. The van der Waals surface area contributed by atoms with E-state index in [2.05, 4.69) is 5.32 Å². The van der Waals surface area contributed by atoms with Crippen LogP contribution in [0.15, 0.2) is 46.9 Å². The predicted octanol–water partition coefficient (Wildman–Crippen LogP) is 2.78. The molecule has 2 amide bonds. The molecule has 10 nitrogen and oxygen atoms in total. The summed E-state index contributed by atoms with van der Waals surface area (Å²) in [5, 5.41) is 3.42. The number of nitrogens with one attached hydrogen (secondary N) is 1. The van der Waals surface area contributed by atoms with Crippen LogP contribution in [0.4, 0.5) is 0 Å². The van der Waals surface area contributed by atoms with E-state index in [0.29, 0.717) is 16.7 Å². The van der Waals surface area contributed by atoms with Crippen molar-refractivity contribution in [1.29, 1.82) is 0 Å². The Morgan fingerprint density at radius 1 is 1.14 bits per heavy atom. The quantitative estimate of drug-likeness (QED) is 0.473. The number of methoxy groups -OCH3 is 3. The molecular formula is C26H28N2O8. The van der Waals surface area contributed by atoms with Crippen LogP contribution in [0.25, 0.3) is 11.0 Å². The number of hydrogen-bond donors (Lipinski definition) is 1. The number of hydrogen-bond acceptors (Lipinski definition) is 8. The van der Waals surface area contributed by atoms with Crippen LogP contribution in [0.5, 0.6) is 11.5 Å². The highest BCUT2D eigenvalue weighted by Gasteiger charge is 2.47. The van der Waals surface area contributed by atoms with Crippen molar-refractivity contribution in [2.45, 2.75) is 19.0 Å². The molecule has 1 aliphatic rings. The van der Waals surface area contributed by atoms with Gasteiger partial charge in [0, 0.05) is 25.8 Å². The number of fused-ring (bicyclic) bond motifs is 3. The smallest absolute Gasteiger partial charge is 0.337 e. The third kappa shape index (κ3) is 4.47. The predicted molar refractivity (Wildman–Crippen MR) is 129 cm³/mol. The molecule has 2 aromatic carbocycles. The summed E-state index contributed by atoms with van der Waals surface area (Å²) >= 11 is 0. The molecule has 0 saturated heterocycles. The minimum Gasteiger partial charge on any atom is -0.496 e. The fourth-order valence-electron chi connectivity index (χ4n) is 4.17. The maximum absolute atomic E-state index is 13.7. The molecular weight excluding hydrogens is 468 g/mol. The van der Waals surface area contributed by atoms with E-state index in [1.807, 2.05) is 18.2 Å². The molecule has 10 heteroatoms. The third-order valence-electron chi connectivity index (χ3n) is 6.24. The molecule has 3 aromatic rings. The van der Waals surface area contributed by atoms with Crippen LogP contribution in [-0.4, -0.2) is 69.3 Å². The highest BCUT2D eigenvalue weighted by molar-refractivity contribution is 6.05. The van der Waals surface area contributed by atoms with Gasteiger partial charge in [-0.05, 0) is 31.2 Å². The molecule has 1 aromatic heterocycles. The zero-order valence-corrected chi connectivity index (χ0v) is 20.6. The fourth-order valence-corrected chi connectivity index (χ4v) is 4.17. The largest absolute Gasteiger partial charge is 0.496 e. The zero-order chi connectivity index (χ0) is 25.9. The Morgan fingerprint density at radius 2 is 1.92 bits per heavy atom. The number of benzene rings is 2. The SMILES string of the molecule is COCCN1C(=O)c2oc3cc(C(=O)OC)ccc3c2OC[C@]1(C)C(=O)NCc1ccccc1OC. The summed E-state index contributed by atoms with van der Waals surface area (Å²) in [5.74, 6) is -0.647. The Kier molecular flexibility index (Phi) is 7.16. The summed E-state index contributed by atoms with van der Waals surface area (Å²) in [6.45, 7) is 2.04. The van der Waals surface area contributed by atoms with Crippen molar-refractivity contribution in [3.63, 3.8) is 0 Å². The van der Waals surface area contributed by atoms with Crippen molar-refractivity contribution in [2.75, 3.05) is 41.1 Å². The van der Waals surface area contributed by atoms with Gasteiger partial charge in [0.1, 0.15) is 17.9 Å². The van der Waals surface area contributed by atoms with Crippen molar-refractivity contribution < 1.29 is 37.7 Å². The Hall–Kier alpha value is -4.05. The van der Waals surface area contributed by atoms with Crippen LogP contribution in [0.3, 0.4) is 0 Å². The summed E-state index contributed by atoms with van der Waals surface area (Å²) in [4.78, 5) is 40.5. The molecule has 0 radical (unpaired) electrons. The Morgan fingerprint density at radius 3 is 2.64 bits per heavy atom. The maximum atomic E-state index is 13.7. The van der Waals surface area contributed by atoms with Crippen LogP contribution in [0, 0.1) is 0 Å². The third-order valence-corrected chi connectivity index (χ3v) is 6.24. The van der Waals surface area contributed by atoms with Gasteiger partial charge >= 0.3 is 5.97 Å². The normalized spacial score (nSPS) is 17.2. The van der Waals surface area contributed by atoms with Crippen LogP contribution in [0.1, 0.15) is 33.4 Å². The van der Waals surface area contributed by atoms with E-state index in [9.17, 15) is 14.4 Å². The topological polar surface area (TPSA) is 117 Å². The molecule has 0 unspecified atom stereocenters. The molecule has 0 fully saturated rings. The van der Waals surface area contributed by atoms with Gasteiger partial charge in [0.25, 0.3) is 5.91 Å². The highest BCUT2D eigenvalue weighted by atomic mass is 16.5. The lowest BCUT2D eigenvalue weighted by Crippen LogP contribution is -2.61. The van der Waals surface area contributed by atoms with Gasteiger partial charge in [-0.1, -0.05) is 18.2 Å². The van der Waals surface area contributed by atoms with Gasteiger partial charge < -0.3 is 33.6 Å². The molecule has 36 heavy (non-hydrogen) atoms. The second kappa shape index (κ2) is 10.3. The first-order valence-corrected chi connectivity index (χ1v) is 11.3. The second-order valence-electron chi connectivity index (χ2n) is 8.47. The van der Waals surface area contributed by atoms with Crippen molar-refractivity contribution in [1.82, 2.24) is 10.2 Å². The van der Waals surface area contributed by atoms with Crippen LogP contribution in [0.2, 0.25) is 0 Å². The van der Waals surface area contributed by atoms with Crippen molar-refractivity contribution in [2.24, 2.45) is 0 Å². The lowest BCUT2D eigenvalue weighted by atomic mass is 9.99. The molecule has 2 heterocycles.